The van der Waals surface area contributed by atoms with E-state index in [4.69, 9.17) is 4.74 Å². The van der Waals surface area contributed by atoms with E-state index >= 15 is 0 Å². The van der Waals surface area contributed by atoms with Crippen molar-refractivity contribution in [3.8, 4) is 5.75 Å². The minimum Gasteiger partial charge on any atom is -0.507 e. The fourth-order valence-electron chi connectivity index (χ4n) is 1.34. The predicted molar refractivity (Wildman–Crippen MR) is 65.3 cm³/mol. The van der Waals surface area contributed by atoms with Crippen LogP contribution in [0.4, 0.5) is 4.39 Å². The Morgan fingerprint density at radius 2 is 2.11 bits per heavy atom. The Morgan fingerprint density at radius 1 is 1.37 bits per heavy atom. The van der Waals surface area contributed by atoms with Crippen LogP contribution in [0.2, 0.25) is 0 Å². The number of amides is 2. The molecule has 3 N–H and O–H groups in total. The van der Waals surface area contributed by atoms with Gasteiger partial charge in [0.15, 0.2) is 0 Å². The minimum absolute atomic E-state index is 0.309. The van der Waals surface area contributed by atoms with Crippen LogP contribution in [0.1, 0.15) is 10.4 Å². The van der Waals surface area contributed by atoms with Crippen molar-refractivity contribution in [2.24, 2.45) is 0 Å². The molecule has 6 nitrogen and oxygen atoms in total. The van der Waals surface area contributed by atoms with Crippen LogP contribution in [0.15, 0.2) is 18.2 Å². The lowest BCUT2D eigenvalue weighted by atomic mass is 10.1. The summed E-state index contributed by atoms with van der Waals surface area (Å²) in [6, 6.07) is 3.52. The Kier molecular flexibility index (Phi) is 5.74. The summed E-state index contributed by atoms with van der Waals surface area (Å²) < 4.78 is 18.1. The minimum atomic E-state index is -0.850. The van der Waals surface area contributed by atoms with Crippen LogP contribution in [0.25, 0.3) is 0 Å². The molecule has 0 aliphatic heterocycles. The number of benzene rings is 1. The summed E-state index contributed by atoms with van der Waals surface area (Å²) >= 11 is 0. The SMILES string of the molecule is COCCNC(=O)CNC(=O)c1c(O)cccc1F. The molecule has 1 rings (SSSR count). The molecule has 0 bridgehead atoms. The van der Waals surface area contributed by atoms with Crippen molar-refractivity contribution in [1.29, 1.82) is 0 Å². The van der Waals surface area contributed by atoms with Crippen molar-refractivity contribution < 1.29 is 23.8 Å². The van der Waals surface area contributed by atoms with Gasteiger partial charge in [0.2, 0.25) is 5.91 Å². The predicted octanol–water partition coefficient (Wildman–Crippen LogP) is 0.0237. The number of ether oxygens (including phenoxy) is 1. The van der Waals surface area contributed by atoms with Gasteiger partial charge >= 0.3 is 0 Å². The second-order valence-corrected chi connectivity index (χ2v) is 3.66. The molecule has 0 saturated heterocycles. The largest absolute Gasteiger partial charge is 0.507 e. The molecular formula is C12H15FN2O4. The van der Waals surface area contributed by atoms with Crippen molar-refractivity contribution in [2.45, 2.75) is 0 Å². The molecular weight excluding hydrogens is 255 g/mol. The fourth-order valence-corrected chi connectivity index (χ4v) is 1.34. The van der Waals surface area contributed by atoms with Gasteiger partial charge in [0, 0.05) is 13.7 Å². The maximum absolute atomic E-state index is 13.3. The molecule has 0 aromatic heterocycles. The third-order valence-corrected chi connectivity index (χ3v) is 2.26. The van der Waals surface area contributed by atoms with Gasteiger partial charge in [0.1, 0.15) is 17.1 Å². The number of aromatic hydroxyl groups is 1. The van der Waals surface area contributed by atoms with Crippen LogP contribution in [0.3, 0.4) is 0 Å². The molecule has 0 heterocycles. The third-order valence-electron chi connectivity index (χ3n) is 2.26. The number of methoxy groups -OCH3 is 1. The van der Waals surface area contributed by atoms with Crippen molar-refractivity contribution in [2.75, 3.05) is 26.8 Å². The standard InChI is InChI=1S/C12H15FN2O4/c1-19-6-5-14-10(17)7-15-12(18)11-8(13)3-2-4-9(11)16/h2-4,16H,5-7H2,1H3,(H,14,17)(H,15,18). The third kappa shape index (κ3) is 4.55. The Morgan fingerprint density at radius 3 is 2.74 bits per heavy atom. The van der Waals surface area contributed by atoms with Gasteiger partial charge in [0.25, 0.3) is 5.91 Å². The normalized spacial score (nSPS) is 10.0. The van der Waals surface area contributed by atoms with Gasteiger partial charge in [-0.2, -0.15) is 0 Å². The van der Waals surface area contributed by atoms with E-state index < -0.39 is 28.9 Å². The van der Waals surface area contributed by atoms with E-state index in [1.165, 1.54) is 19.2 Å². The van der Waals surface area contributed by atoms with Crippen molar-refractivity contribution in [3.05, 3.63) is 29.6 Å². The first kappa shape index (κ1) is 14.9. The highest BCUT2D eigenvalue weighted by Crippen LogP contribution is 2.19. The molecule has 0 saturated carbocycles. The summed E-state index contributed by atoms with van der Waals surface area (Å²) in [4.78, 5) is 22.9. The first-order valence-electron chi connectivity index (χ1n) is 5.57. The van der Waals surface area contributed by atoms with E-state index in [0.717, 1.165) is 6.07 Å². The molecule has 19 heavy (non-hydrogen) atoms. The number of hydrogen-bond donors (Lipinski definition) is 3. The fraction of sp³-hybridized carbons (Fsp3) is 0.333. The molecule has 0 atom stereocenters. The van der Waals surface area contributed by atoms with E-state index in [0.29, 0.717) is 13.2 Å². The Labute approximate surface area is 109 Å². The number of phenolic OH excluding ortho intramolecular Hbond substituents is 1. The molecule has 104 valence electrons. The van der Waals surface area contributed by atoms with Gasteiger partial charge in [0.05, 0.1) is 13.2 Å². The summed E-state index contributed by atoms with van der Waals surface area (Å²) in [5.74, 6) is -2.60. The summed E-state index contributed by atoms with van der Waals surface area (Å²) in [6.07, 6.45) is 0. The Bertz CT molecular complexity index is 445. The first-order valence-corrected chi connectivity index (χ1v) is 5.57. The maximum Gasteiger partial charge on any atom is 0.258 e. The zero-order valence-corrected chi connectivity index (χ0v) is 10.4. The first-order chi connectivity index (χ1) is 9.06. The van der Waals surface area contributed by atoms with Gasteiger partial charge in [-0.1, -0.05) is 6.07 Å². The van der Waals surface area contributed by atoms with E-state index in [1.54, 1.807) is 0 Å². The molecule has 0 fully saturated rings. The van der Waals surface area contributed by atoms with Gasteiger partial charge < -0.3 is 20.5 Å². The summed E-state index contributed by atoms with van der Waals surface area (Å²) in [5.41, 5.74) is -0.479. The van der Waals surface area contributed by atoms with E-state index in [1.807, 2.05) is 0 Å². The highest BCUT2D eigenvalue weighted by molar-refractivity contribution is 5.98. The van der Waals surface area contributed by atoms with Crippen LogP contribution >= 0.6 is 0 Å². The van der Waals surface area contributed by atoms with Gasteiger partial charge in [-0.3, -0.25) is 9.59 Å². The smallest absolute Gasteiger partial charge is 0.258 e. The maximum atomic E-state index is 13.3. The average molecular weight is 270 g/mol. The van der Waals surface area contributed by atoms with E-state index in [2.05, 4.69) is 10.6 Å². The molecule has 0 aliphatic carbocycles. The molecule has 7 heteroatoms. The molecule has 0 aliphatic rings. The van der Waals surface area contributed by atoms with Gasteiger partial charge in [-0.05, 0) is 12.1 Å². The number of halogens is 1. The molecule has 0 unspecified atom stereocenters. The number of carbonyl (C=O) groups excluding carboxylic acids is 2. The molecule has 1 aromatic rings. The van der Waals surface area contributed by atoms with Crippen molar-refractivity contribution >= 4 is 11.8 Å². The van der Waals surface area contributed by atoms with Crippen LogP contribution in [-0.4, -0.2) is 43.7 Å². The van der Waals surface area contributed by atoms with Crippen LogP contribution in [0.5, 0.6) is 5.75 Å². The summed E-state index contributed by atoms with van der Waals surface area (Å²) in [7, 11) is 1.49. The highest BCUT2D eigenvalue weighted by atomic mass is 19.1. The van der Waals surface area contributed by atoms with Crippen molar-refractivity contribution in [3.63, 3.8) is 0 Å². The second-order valence-electron chi connectivity index (χ2n) is 3.66. The van der Waals surface area contributed by atoms with Crippen LogP contribution in [0, 0.1) is 5.82 Å². The number of rotatable bonds is 6. The quantitative estimate of drug-likeness (QED) is 0.636. The average Bonchev–Trinajstić information content (AvgIpc) is 2.36. The monoisotopic (exact) mass is 270 g/mol. The van der Waals surface area contributed by atoms with E-state index in [9.17, 15) is 19.1 Å². The lowest BCUT2D eigenvalue weighted by Gasteiger charge is -2.08. The number of phenols is 1. The molecule has 0 spiro atoms. The molecule has 0 radical (unpaired) electrons. The number of hydrogen-bond acceptors (Lipinski definition) is 4. The van der Waals surface area contributed by atoms with Crippen molar-refractivity contribution in [1.82, 2.24) is 10.6 Å². The Hall–Kier alpha value is -2.15. The number of carbonyl (C=O) groups is 2. The second kappa shape index (κ2) is 7.32. The molecule has 2 amide bonds. The van der Waals surface area contributed by atoms with Gasteiger partial charge in [-0.15, -0.1) is 0 Å². The van der Waals surface area contributed by atoms with Gasteiger partial charge in [-0.25, -0.2) is 4.39 Å². The zero-order valence-electron chi connectivity index (χ0n) is 10.4. The Balaban J connectivity index is 2.49. The summed E-state index contributed by atoms with van der Waals surface area (Å²) in [6.45, 7) is 0.361. The summed E-state index contributed by atoms with van der Waals surface area (Å²) in [5, 5.41) is 14.1. The zero-order chi connectivity index (χ0) is 14.3. The topological polar surface area (TPSA) is 87.7 Å². The number of nitrogens with one attached hydrogen (secondary N) is 2. The van der Waals surface area contributed by atoms with Crippen LogP contribution in [-0.2, 0) is 9.53 Å². The highest BCUT2D eigenvalue weighted by Gasteiger charge is 2.16. The lowest BCUT2D eigenvalue weighted by molar-refractivity contribution is -0.120. The van der Waals surface area contributed by atoms with E-state index in [-0.39, 0.29) is 6.54 Å². The lowest BCUT2D eigenvalue weighted by Crippen LogP contribution is -2.38. The van der Waals surface area contributed by atoms with Crippen LogP contribution < -0.4 is 10.6 Å². The molecule has 1 aromatic carbocycles.